The molecule has 1 fully saturated rings. The van der Waals surface area contributed by atoms with E-state index in [9.17, 15) is 9.90 Å². The molecule has 130 valence electrons. The molecule has 1 aliphatic heterocycles. The van der Waals surface area contributed by atoms with Crippen LogP contribution in [0, 0.1) is 12.8 Å². The molecule has 3 aromatic rings. The SMILES string of the molecule is Cc1ccc(-c2nc3sccn3c2C[NH+]2CCC(C(=O)[O-])CC2)cc1. The third-order valence-corrected chi connectivity index (χ3v) is 5.89. The van der Waals surface area contributed by atoms with Crippen molar-refractivity contribution < 1.29 is 14.8 Å². The van der Waals surface area contributed by atoms with Crippen molar-refractivity contribution in [2.24, 2.45) is 5.92 Å². The Hall–Kier alpha value is -2.18. The number of rotatable bonds is 4. The zero-order valence-corrected chi connectivity index (χ0v) is 15.0. The van der Waals surface area contributed by atoms with Crippen LogP contribution < -0.4 is 10.0 Å². The fraction of sp³-hybridized carbons (Fsp3) is 0.368. The lowest BCUT2D eigenvalue weighted by molar-refractivity contribution is -0.919. The van der Waals surface area contributed by atoms with Crippen LogP contribution in [-0.2, 0) is 11.3 Å². The summed E-state index contributed by atoms with van der Waals surface area (Å²) < 4.78 is 2.18. The van der Waals surface area contributed by atoms with E-state index >= 15 is 0 Å². The predicted octanol–water partition coefficient (Wildman–Crippen LogP) is 0.916. The second-order valence-electron chi connectivity index (χ2n) is 6.85. The van der Waals surface area contributed by atoms with Gasteiger partial charge in [0.25, 0.3) is 0 Å². The van der Waals surface area contributed by atoms with Crippen LogP contribution in [0.5, 0.6) is 0 Å². The summed E-state index contributed by atoms with van der Waals surface area (Å²) in [4.78, 5) is 18.3. The molecule has 1 aromatic carbocycles. The van der Waals surface area contributed by atoms with Crippen molar-refractivity contribution in [1.29, 1.82) is 0 Å². The molecular formula is C19H21N3O2S. The largest absolute Gasteiger partial charge is 0.550 e. The number of nitrogens with one attached hydrogen (secondary N) is 1. The first-order valence-electron chi connectivity index (χ1n) is 8.67. The molecule has 0 radical (unpaired) electrons. The molecule has 3 heterocycles. The summed E-state index contributed by atoms with van der Waals surface area (Å²) in [6.07, 6.45) is 3.47. The number of aliphatic carboxylic acids is 1. The number of piperidine rings is 1. The van der Waals surface area contributed by atoms with E-state index in [0.717, 1.165) is 35.9 Å². The number of benzene rings is 1. The fourth-order valence-electron chi connectivity index (χ4n) is 3.62. The highest BCUT2D eigenvalue weighted by Gasteiger charge is 2.26. The topological polar surface area (TPSA) is 61.9 Å². The normalized spacial score (nSPS) is 20.8. The number of hydrogen-bond donors (Lipinski definition) is 1. The molecule has 1 N–H and O–H groups in total. The maximum Gasteiger partial charge on any atom is 0.194 e. The second-order valence-corrected chi connectivity index (χ2v) is 7.72. The van der Waals surface area contributed by atoms with Crippen LogP contribution in [0.3, 0.4) is 0 Å². The number of carbonyl (C=O) groups excluding carboxylic acids is 1. The number of thiazole rings is 1. The first-order chi connectivity index (χ1) is 12.1. The maximum atomic E-state index is 11.1. The molecule has 0 atom stereocenters. The predicted molar refractivity (Wildman–Crippen MR) is 95.4 cm³/mol. The summed E-state index contributed by atoms with van der Waals surface area (Å²) in [6.45, 7) is 4.68. The van der Waals surface area contributed by atoms with Crippen molar-refractivity contribution in [3.63, 3.8) is 0 Å². The van der Waals surface area contributed by atoms with Crippen LogP contribution >= 0.6 is 11.3 Å². The molecule has 0 amide bonds. The average Bonchev–Trinajstić information content (AvgIpc) is 3.19. The van der Waals surface area contributed by atoms with Crippen molar-refractivity contribution >= 4 is 22.3 Å². The zero-order valence-electron chi connectivity index (χ0n) is 14.2. The summed E-state index contributed by atoms with van der Waals surface area (Å²) >= 11 is 1.64. The Morgan fingerprint density at radius 1 is 1.32 bits per heavy atom. The smallest absolute Gasteiger partial charge is 0.194 e. The Balaban J connectivity index is 1.62. The molecule has 0 bridgehead atoms. The quantitative estimate of drug-likeness (QED) is 0.757. The molecular weight excluding hydrogens is 334 g/mol. The van der Waals surface area contributed by atoms with E-state index in [4.69, 9.17) is 4.98 Å². The Bertz CT molecular complexity index is 889. The van der Waals surface area contributed by atoms with E-state index in [1.54, 1.807) is 11.3 Å². The zero-order chi connectivity index (χ0) is 17.4. The van der Waals surface area contributed by atoms with Crippen LogP contribution in [0.4, 0.5) is 0 Å². The molecule has 5 nitrogen and oxygen atoms in total. The summed E-state index contributed by atoms with van der Waals surface area (Å²) in [6, 6.07) is 8.49. The van der Waals surface area contributed by atoms with Gasteiger partial charge in [0.2, 0.25) is 0 Å². The van der Waals surface area contributed by atoms with Crippen LogP contribution in [0.1, 0.15) is 24.1 Å². The number of aromatic nitrogens is 2. The second kappa shape index (κ2) is 6.61. The van der Waals surface area contributed by atoms with Crippen LogP contribution in [0.2, 0.25) is 0 Å². The van der Waals surface area contributed by atoms with Crippen molar-refractivity contribution in [1.82, 2.24) is 9.38 Å². The van der Waals surface area contributed by atoms with Crippen molar-refractivity contribution in [2.45, 2.75) is 26.3 Å². The summed E-state index contributed by atoms with van der Waals surface area (Å²) in [5.74, 6) is -1.18. The number of likely N-dealkylation sites (tertiary alicyclic amines) is 1. The van der Waals surface area contributed by atoms with E-state index in [1.807, 2.05) is 0 Å². The summed E-state index contributed by atoms with van der Waals surface area (Å²) in [5, 5.41) is 13.1. The molecule has 25 heavy (non-hydrogen) atoms. The van der Waals surface area contributed by atoms with Gasteiger partial charge in [-0.3, -0.25) is 4.40 Å². The van der Waals surface area contributed by atoms with Crippen molar-refractivity contribution in [3.05, 3.63) is 47.1 Å². The monoisotopic (exact) mass is 355 g/mol. The van der Waals surface area contributed by atoms with Gasteiger partial charge in [0, 0.05) is 41.9 Å². The molecule has 0 spiro atoms. The van der Waals surface area contributed by atoms with E-state index < -0.39 is 5.97 Å². The lowest BCUT2D eigenvalue weighted by Gasteiger charge is -2.29. The molecule has 1 aliphatic rings. The maximum absolute atomic E-state index is 11.1. The van der Waals surface area contributed by atoms with Gasteiger partial charge in [0.1, 0.15) is 12.2 Å². The highest BCUT2D eigenvalue weighted by Crippen LogP contribution is 2.26. The summed E-state index contributed by atoms with van der Waals surface area (Å²) in [7, 11) is 0. The standard InChI is InChI=1S/C19H21N3O2S/c1-13-2-4-14(5-3-13)17-16(22-10-11-25-19(22)20-17)12-21-8-6-15(7-9-21)18(23)24/h2-5,10-11,15H,6-9,12H2,1H3,(H,23,24). The molecule has 4 rings (SSSR count). The van der Waals surface area contributed by atoms with Gasteiger partial charge in [0.05, 0.1) is 18.8 Å². The van der Waals surface area contributed by atoms with E-state index in [0.29, 0.717) is 12.8 Å². The number of carboxylic acid groups (broad SMARTS) is 1. The highest BCUT2D eigenvalue weighted by molar-refractivity contribution is 7.15. The third-order valence-electron chi connectivity index (χ3n) is 5.13. The molecule has 6 heteroatoms. The Kier molecular flexibility index (Phi) is 4.31. The van der Waals surface area contributed by atoms with E-state index in [2.05, 4.69) is 47.2 Å². The fourth-order valence-corrected chi connectivity index (χ4v) is 4.35. The highest BCUT2D eigenvalue weighted by atomic mass is 32.1. The molecule has 2 aromatic heterocycles. The van der Waals surface area contributed by atoms with E-state index in [1.165, 1.54) is 16.2 Å². The lowest BCUT2D eigenvalue weighted by Crippen LogP contribution is -3.12. The number of aryl methyl sites for hydroxylation is 1. The van der Waals surface area contributed by atoms with Gasteiger partial charge in [-0.15, -0.1) is 11.3 Å². The number of carboxylic acids is 1. The molecule has 0 saturated carbocycles. The molecule has 0 unspecified atom stereocenters. The third kappa shape index (κ3) is 3.19. The molecule has 1 saturated heterocycles. The van der Waals surface area contributed by atoms with Crippen LogP contribution in [0.25, 0.3) is 16.2 Å². The van der Waals surface area contributed by atoms with Crippen molar-refractivity contribution in [2.75, 3.05) is 13.1 Å². The molecule has 0 aliphatic carbocycles. The first-order valence-corrected chi connectivity index (χ1v) is 9.55. The summed E-state index contributed by atoms with van der Waals surface area (Å²) in [5.41, 5.74) is 4.63. The van der Waals surface area contributed by atoms with E-state index in [-0.39, 0.29) is 5.92 Å². The number of fused-ring (bicyclic) bond motifs is 1. The lowest BCUT2D eigenvalue weighted by atomic mass is 9.97. The van der Waals surface area contributed by atoms with Gasteiger partial charge in [-0.25, -0.2) is 4.98 Å². The van der Waals surface area contributed by atoms with Gasteiger partial charge in [-0.1, -0.05) is 29.8 Å². The average molecular weight is 355 g/mol. The van der Waals surface area contributed by atoms with Gasteiger partial charge in [-0.2, -0.15) is 0 Å². The minimum Gasteiger partial charge on any atom is -0.550 e. The first kappa shape index (κ1) is 16.3. The van der Waals surface area contributed by atoms with Gasteiger partial charge < -0.3 is 14.8 Å². The number of hydrogen-bond acceptors (Lipinski definition) is 4. The van der Waals surface area contributed by atoms with Gasteiger partial charge >= 0.3 is 0 Å². The Morgan fingerprint density at radius 3 is 2.72 bits per heavy atom. The number of nitrogens with zero attached hydrogens (tertiary/aromatic N) is 2. The van der Waals surface area contributed by atoms with Crippen LogP contribution in [0.15, 0.2) is 35.8 Å². The number of carbonyl (C=O) groups is 1. The minimum absolute atomic E-state index is 0.285. The Morgan fingerprint density at radius 2 is 2.04 bits per heavy atom. The number of quaternary nitrogens is 1. The number of imidazole rings is 1. The Labute approximate surface area is 150 Å². The van der Waals surface area contributed by atoms with Crippen molar-refractivity contribution in [3.8, 4) is 11.3 Å². The minimum atomic E-state index is -0.899. The van der Waals surface area contributed by atoms with Gasteiger partial charge in [-0.05, 0) is 6.92 Å². The van der Waals surface area contributed by atoms with Gasteiger partial charge in [0.15, 0.2) is 4.96 Å². The van der Waals surface area contributed by atoms with Crippen LogP contribution in [-0.4, -0.2) is 28.4 Å².